The van der Waals surface area contributed by atoms with Gasteiger partial charge < -0.3 is 9.64 Å². The van der Waals surface area contributed by atoms with Crippen LogP contribution in [0.15, 0.2) is 47.3 Å². The van der Waals surface area contributed by atoms with E-state index in [2.05, 4.69) is 15.0 Å². The Bertz CT molecular complexity index is 847. The van der Waals surface area contributed by atoms with Gasteiger partial charge in [0.15, 0.2) is 5.65 Å². The van der Waals surface area contributed by atoms with Crippen molar-refractivity contribution in [1.82, 2.24) is 14.6 Å². The molecule has 0 bridgehead atoms. The number of H-pyrrole nitrogens is 1. The summed E-state index contributed by atoms with van der Waals surface area (Å²) in [6.07, 6.45) is 0. The number of benzene rings is 1. The first-order valence-electron chi connectivity index (χ1n) is 7.32. The summed E-state index contributed by atoms with van der Waals surface area (Å²) >= 11 is 0. The zero-order chi connectivity index (χ0) is 14.9. The molecule has 0 aliphatic carbocycles. The van der Waals surface area contributed by atoms with Crippen LogP contribution in [0.3, 0.4) is 0 Å². The van der Waals surface area contributed by atoms with Crippen molar-refractivity contribution in [1.29, 1.82) is 0 Å². The van der Waals surface area contributed by atoms with E-state index in [4.69, 9.17) is 4.74 Å². The molecular formula is C16H16N4O2. The number of aromatic amines is 1. The Morgan fingerprint density at radius 3 is 2.64 bits per heavy atom. The Morgan fingerprint density at radius 2 is 1.86 bits per heavy atom. The topological polar surface area (TPSA) is 62.6 Å². The zero-order valence-corrected chi connectivity index (χ0v) is 12.0. The monoisotopic (exact) mass is 296 g/mol. The molecule has 0 atom stereocenters. The maximum Gasteiger partial charge on any atom is 0.274 e. The van der Waals surface area contributed by atoms with Crippen LogP contribution in [0, 0.1) is 0 Å². The van der Waals surface area contributed by atoms with Gasteiger partial charge in [0, 0.05) is 25.2 Å². The number of ether oxygens (including phenoxy) is 1. The molecular weight excluding hydrogens is 280 g/mol. The van der Waals surface area contributed by atoms with Gasteiger partial charge in [-0.15, -0.1) is 0 Å². The Hall–Kier alpha value is -2.60. The van der Waals surface area contributed by atoms with Gasteiger partial charge in [0.05, 0.1) is 18.9 Å². The lowest BCUT2D eigenvalue weighted by Crippen LogP contribution is -2.37. The fourth-order valence-corrected chi connectivity index (χ4v) is 2.70. The molecule has 3 heterocycles. The van der Waals surface area contributed by atoms with Crippen LogP contribution in [-0.4, -0.2) is 40.9 Å². The van der Waals surface area contributed by atoms with Crippen LogP contribution in [0.2, 0.25) is 0 Å². The molecule has 1 saturated heterocycles. The molecule has 6 nitrogen and oxygen atoms in total. The first-order chi connectivity index (χ1) is 10.8. The molecule has 0 radical (unpaired) electrons. The standard InChI is InChI=1S/C16H16N4O2/c21-16-11-14(19-6-8-22-9-7-19)17-15-10-13(18-20(15)16)12-4-2-1-3-5-12/h1-5,10-11,18H,6-9H2. The van der Waals surface area contributed by atoms with Crippen LogP contribution >= 0.6 is 0 Å². The van der Waals surface area contributed by atoms with Crippen molar-refractivity contribution in [2.45, 2.75) is 0 Å². The number of rotatable bonds is 2. The minimum Gasteiger partial charge on any atom is -0.378 e. The molecule has 22 heavy (non-hydrogen) atoms. The fourth-order valence-electron chi connectivity index (χ4n) is 2.70. The third-order valence-electron chi connectivity index (χ3n) is 3.86. The molecule has 2 aromatic heterocycles. The molecule has 0 amide bonds. The Labute approximate surface area is 127 Å². The average Bonchev–Trinajstić information content (AvgIpc) is 3.01. The minimum absolute atomic E-state index is 0.103. The molecule has 3 aromatic rings. The largest absolute Gasteiger partial charge is 0.378 e. The summed E-state index contributed by atoms with van der Waals surface area (Å²) in [5, 5.41) is 3.11. The number of morpholine rings is 1. The second-order valence-electron chi connectivity index (χ2n) is 5.28. The predicted molar refractivity (Wildman–Crippen MR) is 84.3 cm³/mol. The normalized spacial score (nSPS) is 15.4. The quantitative estimate of drug-likeness (QED) is 0.779. The Kier molecular flexibility index (Phi) is 3.16. The summed E-state index contributed by atoms with van der Waals surface area (Å²) < 4.78 is 6.82. The smallest absolute Gasteiger partial charge is 0.274 e. The maximum atomic E-state index is 12.3. The number of aromatic nitrogens is 3. The van der Waals surface area contributed by atoms with E-state index in [1.165, 1.54) is 4.52 Å². The van der Waals surface area contributed by atoms with Crippen LogP contribution in [0.25, 0.3) is 16.9 Å². The first kappa shape index (κ1) is 13.1. The Morgan fingerprint density at radius 1 is 1.09 bits per heavy atom. The highest BCUT2D eigenvalue weighted by atomic mass is 16.5. The number of anilines is 1. The van der Waals surface area contributed by atoms with Crippen LogP contribution in [0.5, 0.6) is 0 Å². The highest BCUT2D eigenvalue weighted by Crippen LogP contribution is 2.19. The van der Waals surface area contributed by atoms with Crippen LogP contribution in [0.1, 0.15) is 0 Å². The van der Waals surface area contributed by atoms with E-state index in [0.29, 0.717) is 24.7 Å². The van der Waals surface area contributed by atoms with E-state index in [9.17, 15) is 4.79 Å². The average molecular weight is 296 g/mol. The summed E-state index contributed by atoms with van der Waals surface area (Å²) in [6, 6.07) is 13.4. The van der Waals surface area contributed by atoms with E-state index in [0.717, 1.165) is 24.3 Å². The van der Waals surface area contributed by atoms with Gasteiger partial charge in [0.25, 0.3) is 5.56 Å². The molecule has 1 fully saturated rings. The van der Waals surface area contributed by atoms with Crippen LogP contribution in [-0.2, 0) is 4.74 Å². The van der Waals surface area contributed by atoms with Gasteiger partial charge in [-0.2, -0.15) is 0 Å². The molecule has 112 valence electrons. The lowest BCUT2D eigenvalue weighted by Gasteiger charge is -2.27. The van der Waals surface area contributed by atoms with Crippen molar-refractivity contribution >= 4 is 11.5 Å². The van der Waals surface area contributed by atoms with Crippen molar-refractivity contribution < 1.29 is 4.74 Å². The third-order valence-corrected chi connectivity index (χ3v) is 3.86. The summed E-state index contributed by atoms with van der Waals surface area (Å²) in [5.41, 5.74) is 2.44. The van der Waals surface area contributed by atoms with Gasteiger partial charge in [-0.05, 0) is 5.56 Å². The van der Waals surface area contributed by atoms with E-state index < -0.39 is 0 Å². The summed E-state index contributed by atoms with van der Waals surface area (Å²) in [4.78, 5) is 19.0. The number of fused-ring (bicyclic) bond motifs is 1. The highest BCUT2D eigenvalue weighted by Gasteiger charge is 2.15. The summed E-state index contributed by atoms with van der Waals surface area (Å²) in [6.45, 7) is 2.87. The number of nitrogens with one attached hydrogen (secondary N) is 1. The molecule has 1 aliphatic heterocycles. The van der Waals surface area contributed by atoms with E-state index in [1.807, 2.05) is 36.4 Å². The number of nitrogens with zero attached hydrogens (tertiary/aromatic N) is 3. The predicted octanol–water partition coefficient (Wildman–Crippen LogP) is 1.53. The van der Waals surface area contributed by atoms with Gasteiger partial charge in [-0.1, -0.05) is 30.3 Å². The van der Waals surface area contributed by atoms with Gasteiger partial charge >= 0.3 is 0 Å². The maximum absolute atomic E-state index is 12.3. The summed E-state index contributed by atoms with van der Waals surface area (Å²) in [7, 11) is 0. The summed E-state index contributed by atoms with van der Waals surface area (Å²) in [5.74, 6) is 0.715. The molecule has 1 aromatic carbocycles. The molecule has 4 rings (SSSR count). The van der Waals surface area contributed by atoms with E-state index >= 15 is 0 Å². The van der Waals surface area contributed by atoms with E-state index in [-0.39, 0.29) is 5.56 Å². The Balaban J connectivity index is 1.79. The van der Waals surface area contributed by atoms with Crippen molar-refractivity contribution in [2.75, 3.05) is 31.2 Å². The molecule has 6 heteroatoms. The fraction of sp³-hybridized carbons (Fsp3) is 0.250. The van der Waals surface area contributed by atoms with Crippen molar-refractivity contribution in [3.63, 3.8) is 0 Å². The first-order valence-corrected chi connectivity index (χ1v) is 7.32. The highest BCUT2D eigenvalue weighted by molar-refractivity contribution is 5.64. The number of hydrogen-bond acceptors (Lipinski definition) is 4. The zero-order valence-electron chi connectivity index (χ0n) is 12.0. The van der Waals surface area contributed by atoms with Crippen molar-refractivity contribution in [3.05, 3.63) is 52.8 Å². The number of hydrogen-bond donors (Lipinski definition) is 1. The van der Waals surface area contributed by atoms with Crippen LogP contribution < -0.4 is 10.5 Å². The SMILES string of the molecule is O=c1cc(N2CCOCC2)nc2cc(-c3ccccc3)[nH]n12. The third kappa shape index (κ3) is 2.27. The van der Waals surface area contributed by atoms with Gasteiger partial charge in [0.2, 0.25) is 0 Å². The molecule has 0 unspecified atom stereocenters. The minimum atomic E-state index is -0.103. The lowest BCUT2D eigenvalue weighted by molar-refractivity contribution is 0.122. The van der Waals surface area contributed by atoms with E-state index in [1.54, 1.807) is 6.07 Å². The lowest BCUT2D eigenvalue weighted by atomic mass is 10.2. The van der Waals surface area contributed by atoms with Crippen molar-refractivity contribution in [2.24, 2.45) is 0 Å². The molecule has 0 spiro atoms. The van der Waals surface area contributed by atoms with Crippen molar-refractivity contribution in [3.8, 4) is 11.3 Å². The second-order valence-corrected chi connectivity index (χ2v) is 5.28. The molecule has 1 aliphatic rings. The van der Waals surface area contributed by atoms with Gasteiger partial charge in [0.1, 0.15) is 5.82 Å². The van der Waals surface area contributed by atoms with Gasteiger partial charge in [-0.25, -0.2) is 9.50 Å². The molecule has 1 N–H and O–H groups in total. The van der Waals surface area contributed by atoms with Crippen LogP contribution in [0.4, 0.5) is 5.82 Å². The second kappa shape index (κ2) is 5.31. The van der Waals surface area contributed by atoms with Gasteiger partial charge in [-0.3, -0.25) is 9.89 Å². The molecule has 0 saturated carbocycles.